The zero-order valence-electron chi connectivity index (χ0n) is 9.77. The number of hydrogen-bond donors (Lipinski definition) is 1. The number of rotatable bonds is 3. The van der Waals surface area contributed by atoms with Gasteiger partial charge in [0, 0.05) is 10.6 Å². The molecule has 0 spiro atoms. The summed E-state index contributed by atoms with van der Waals surface area (Å²) in [4.78, 5) is 0.941. The molecule has 1 aliphatic heterocycles. The Morgan fingerprint density at radius 3 is 2.81 bits per heavy atom. The maximum absolute atomic E-state index is 9.63. The van der Waals surface area contributed by atoms with Crippen molar-refractivity contribution in [2.75, 3.05) is 5.75 Å². The Labute approximate surface area is 101 Å². The van der Waals surface area contributed by atoms with E-state index in [4.69, 9.17) is 4.74 Å². The normalized spacial score (nSPS) is 23.5. The molecule has 0 aliphatic carbocycles. The van der Waals surface area contributed by atoms with Crippen LogP contribution in [0.15, 0.2) is 29.2 Å². The number of hydrogen-bond acceptors (Lipinski definition) is 3. The summed E-state index contributed by atoms with van der Waals surface area (Å²) in [6.07, 6.45) is 2.56. The van der Waals surface area contributed by atoms with Crippen LogP contribution in [0.2, 0.25) is 0 Å². The van der Waals surface area contributed by atoms with Crippen LogP contribution in [0.1, 0.15) is 26.7 Å². The average molecular weight is 238 g/mol. The van der Waals surface area contributed by atoms with Crippen molar-refractivity contribution in [2.24, 2.45) is 0 Å². The van der Waals surface area contributed by atoms with E-state index >= 15 is 0 Å². The highest BCUT2D eigenvalue weighted by atomic mass is 32.2. The van der Waals surface area contributed by atoms with Gasteiger partial charge in [-0.15, -0.1) is 11.8 Å². The Morgan fingerprint density at radius 1 is 1.44 bits per heavy atom. The van der Waals surface area contributed by atoms with Gasteiger partial charge in [-0.2, -0.15) is 0 Å². The van der Waals surface area contributed by atoms with Crippen molar-refractivity contribution in [2.45, 2.75) is 43.3 Å². The molecule has 1 unspecified atom stereocenters. The van der Waals surface area contributed by atoms with Crippen molar-refractivity contribution >= 4 is 11.8 Å². The standard InChI is InChI=1S/C13H18O2S/c1-13(2)8-7-10(15-13)9-16-12-6-4-3-5-11(12)14/h3-6,10,14H,7-9H2,1-2H3. The largest absolute Gasteiger partial charge is 0.507 e. The Hall–Kier alpha value is -0.670. The minimum atomic E-state index is 0.0317. The van der Waals surface area contributed by atoms with Gasteiger partial charge in [0.25, 0.3) is 0 Å². The molecule has 2 rings (SSSR count). The van der Waals surface area contributed by atoms with Crippen LogP contribution in [0.4, 0.5) is 0 Å². The predicted molar refractivity (Wildman–Crippen MR) is 67.0 cm³/mol. The van der Waals surface area contributed by atoms with E-state index in [0.29, 0.717) is 11.9 Å². The van der Waals surface area contributed by atoms with Gasteiger partial charge in [0.15, 0.2) is 0 Å². The predicted octanol–water partition coefficient (Wildman–Crippen LogP) is 3.44. The minimum absolute atomic E-state index is 0.0317. The Kier molecular flexibility index (Phi) is 3.45. The average Bonchev–Trinajstić information content (AvgIpc) is 2.57. The van der Waals surface area contributed by atoms with Gasteiger partial charge in [-0.25, -0.2) is 0 Å². The summed E-state index contributed by atoms with van der Waals surface area (Å²) in [5.74, 6) is 1.28. The molecule has 1 aliphatic rings. The van der Waals surface area contributed by atoms with E-state index in [2.05, 4.69) is 13.8 Å². The first-order chi connectivity index (χ1) is 7.57. The second-order valence-electron chi connectivity index (χ2n) is 4.82. The molecule has 1 aromatic carbocycles. The van der Waals surface area contributed by atoms with Gasteiger partial charge >= 0.3 is 0 Å². The van der Waals surface area contributed by atoms with Crippen LogP contribution in [0.25, 0.3) is 0 Å². The molecule has 1 N–H and O–H groups in total. The van der Waals surface area contributed by atoms with Gasteiger partial charge in [0.1, 0.15) is 5.75 Å². The van der Waals surface area contributed by atoms with Crippen molar-refractivity contribution in [1.82, 2.24) is 0 Å². The summed E-state index contributed by atoms with van der Waals surface area (Å²) in [7, 11) is 0. The van der Waals surface area contributed by atoms with Gasteiger partial charge < -0.3 is 9.84 Å². The number of para-hydroxylation sites is 1. The first-order valence-electron chi connectivity index (χ1n) is 5.65. The van der Waals surface area contributed by atoms with Crippen LogP contribution in [0.3, 0.4) is 0 Å². The number of aromatic hydroxyl groups is 1. The molecule has 1 atom stereocenters. The summed E-state index contributed by atoms with van der Waals surface area (Å²) in [6, 6.07) is 7.46. The van der Waals surface area contributed by atoms with E-state index in [9.17, 15) is 5.11 Å². The van der Waals surface area contributed by atoms with E-state index in [0.717, 1.165) is 23.5 Å². The summed E-state index contributed by atoms with van der Waals surface area (Å²) in [5.41, 5.74) is 0.0317. The van der Waals surface area contributed by atoms with E-state index in [1.807, 2.05) is 18.2 Å². The lowest BCUT2D eigenvalue weighted by atomic mass is 10.1. The molecule has 1 aromatic rings. The molecular formula is C13H18O2S. The number of phenolic OH excluding ortho intramolecular Hbond substituents is 1. The monoisotopic (exact) mass is 238 g/mol. The molecule has 1 heterocycles. The lowest BCUT2D eigenvalue weighted by Crippen LogP contribution is -2.20. The second-order valence-corrected chi connectivity index (χ2v) is 5.88. The number of benzene rings is 1. The second kappa shape index (κ2) is 4.68. The number of phenols is 1. The summed E-state index contributed by atoms with van der Waals surface area (Å²) < 4.78 is 5.91. The quantitative estimate of drug-likeness (QED) is 0.818. The maximum Gasteiger partial charge on any atom is 0.129 e. The molecule has 88 valence electrons. The van der Waals surface area contributed by atoms with Gasteiger partial charge in [0.05, 0.1) is 11.7 Å². The van der Waals surface area contributed by atoms with Crippen LogP contribution < -0.4 is 0 Å². The fourth-order valence-electron chi connectivity index (χ4n) is 1.96. The molecule has 0 radical (unpaired) electrons. The third-order valence-electron chi connectivity index (χ3n) is 2.84. The third kappa shape index (κ3) is 2.92. The van der Waals surface area contributed by atoms with Crippen LogP contribution in [0.5, 0.6) is 5.75 Å². The molecule has 3 heteroatoms. The van der Waals surface area contributed by atoms with Crippen LogP contribution in [-0.4, -0.2) is 22.6 Å². The number of thioether (sulfide) groups is 1. The smallest absolute Gasteiger partial charge is 0.129 e. The van der Waals surface area contributed by atoms with E-state index < -0.39 is 0 Å². The zero-order chi connectivity index (χ0) is 11.6. The Balaban J connectivity index is 1.87. The van der Waals surface area contributed by atoms with Gasteiger partial charge in [-0.3, -0.25) is 0 Å². The first kappa shape index (κ1) is 11.8. The van der Waals surface area contributed by atoms with Gasteiger partial charge in [0.2, 0.25) is 0 Å². The highest BCUT2D eigenvalue weighted by molar-refractivity contribution is 7.99. The maximum atomic E-state index is 9.63. The van der Waals surface area contributed by atoms with E-state index in [-0.39, 0.29) is 5.60 Å². The molecule has 0 aromatic heterocycles. The third-order valence-corrected chi connectivity index (χ3v) is 4.04. The Bertz CT molecular complexity index is 363. The lowest BCUT2D eigenvalue weighted by Gasteiger charge is -2.19. The molecule has 0 bridgehead atoms. The van der Waals surface area contributed by atoms with Crippen molar-refractivity contribution in [1.29, 1.82) is 0 Å². The fourth-order valence-corrected chi connectivity index (χ4v) is 2.95. The van der Waals surface area contributed by atoms with Crippen molar-refractivity contribution in [3.05, 3.63) is 24.3 Å². The summed E-state index contributed by atoms with van der Waals surface area (Å²) in [5, 5.41) is 9.63. The van der Waals surface area contributed by atoms with Gasteiger partial charge in [-0.05, 0) is 38.8 Å². The lowest BCUT2D eigenvalue weighted by molar-refractivity contribution is -0.00466. The molecule has 2 nitrogen and oxygen atoms in total. The van der Waals surface area contributed by atoms with Gasteiger partial charge in [-0.1, -0.05) is 12.1 Å². The molecule has 0 saturated carbocycles. The zero-order valence-corrected chi connectivity index (χ0v) is 10.6. The first-order valence-corrected chi connectivity index (χ1v) is 6.64. The van der Waals surface area contributed by atoms with Crippen molar-refractivity contribution in [3.63, 3.8) is 0 Å². The highest BCUT2D eigenvalue weighted by Crippen LogP contribution is 2.34. The summed E-state index contributed by atoms with van der Waals surface area (Å²) >= 11 is 1.67. The van der Waals surface area contributed by atoms with Crippen LogP contribution in [-0.2, 0) is 4.74 Å². The fraction of sp³-hybridized carbons (Fsp3) is 0.538. The topological polar surface area (TPSA) is 29.5 Å². The van der Waals surface area contributed by atoms with E-state index in [1.54, 1.807) is 17.8 Å². The van der Waals surface area contributed by atoms with E-state index in [1.165, 1.54) is 0 Å². The van der Waals surface area contributed by atoms with Crippen molar-refractivity contribution < 1.29 is 9.84 Å². The highest BCUT2D eigenvalue weighted by Gasteiger charge is 2.31. The molecule has 0 amide bonds. The molecule has 1 saturated heterocycles. The SMILES string of the molecule is CC1(C)CCC(CSc2ccccc2O)O1. The summed E-state index contributed by atoms with van der Waals surface area (Å²) in [6.45, 7) is 4.27. The molecular weight excluding hydrogens is 220 g/mol. The number of ether oxygens (including phenoxy) is 1. The molecule has 1 fully saturated rings. The minimum Gasteiger partial charge on any atom is -0.507 e. The molecule has 16 heavy (non-hydrogen) atoms. The van der Waals surface area contributed by atoms with Crippen LogP contribution >= 0.6 is 11.8 Å². The Morgan fingerprint density at radius 2 is 2.19 bits per heavy atom. The van der Waals surface area contributed by atoms with Crippen molar-refractivity contribution in [3.8, 4) is 5.75 Å². The van der Waals surface area contributed by atoms with Crippen LogP contribution in [0, 0.1) is 0 Å².